The van der Waals surface area contributed by atoms with Gasteiger partial charge in [0.15, 0.2) is 11.6 Å². The first-order valence-electron chi connectivity index (χ1n) is 15.3. The number of ether oxygens (including phenoxy) is 2. The van der Waals surface area contributed by atoms with Crippen LogP contribution in [0.5, 0.6) is 5.75 Å². The van der Waals surface area contributed by atoms with E-state index >= 15 is 0 Å². The van der Waals surface area contributed by atoms with Crippen LogP contribution in [0.1, 0.15) is 40.3 Å². The average molecular weight is 665 g/mol. The fourth-order valence-corrected chi connectivity index (χ4v) is 5.77. The Balaban J connectivity index is 1.60. The predicted octanol–water partition coefficient (Wildman–Crippen LogP) is 7.71. The molecule has 1 aliphatic rings. The van der Waals surface area contributed by atoms with Gasteiger partial charge in [-0.25, -0.2) is 4.99 Å². The second kappa shape index (κ2) is 16.4. The molecule has 1 amide bonds. The number of carbonyl (C=O) groups excluding carboxylic acids is 1. The van der Waals surface area contributed by atoms with Crippen molar-refractivity contribution in [3.05, 3.63) is 151 Å². The molecule has 0 fully saturated rings. The number of amides is 1. The number of aliphatic imine (C=N–C) groups is 1. The Bertz CT molecular complexity index is 1870. The minimum Gasteiger partial charge on any atom is -0.494 e. The van der Waals surface area contributed by atoms with Crippen molar-refractivity contribution in [2.75, 3.05) is 19.8 Å². The first-order chi connectivity index (χ1) is 23.5. The smallest absolute Gasteiger partial charge is 0.252 e. The zero-order valence-corrected chi connectivity index (χ0v) is 26.7. The summed E-state index contributed by atoms with van der Waals surface area (Å²) in [4.78, 5) is 25.6. The summed E-state index contributed by atoms with van der Waals surface area (Å²) >= 11 is 6.19. The number of nitrogens with one attached hydrogen (secondary N) is 1. The van der Waals surface area contributed by atoms with Crippen LogP contribution in [-0.2, 0) is 28.9 Å². The van der Waals surface area contributed by atoms with Crippen LogP contribution in [0.2, 0.25) is 5.02 Å². The number of hydrogen-bond acceptors (Lipinski definition) is 7. The van der Waals surface area contributed by atoms with Crippen LogP contribution in [0.25, 0.3) is 20.9 Å². The Hall–Kier alpha value is -5.51. The van der Waals surface area contributed by atoms with E-state index in [4.69, 9.17) is 36.7 Å². The maximum absolute atomic E-state index is 14.6. The first kappa shape index (κ1) is 33.8. The maximum atomic E-state index is 14.6. The van der Waals surface area contributed by atoms with Crippen molar-refractivity contribution in [3.63, 3.8) is 0 Å². The minimum absolute atomic E-state index is 0.0245. The van der Waals surface area contributed by atoms with Crippen molar-refractivity contribution in [2.45, 2.75) is 37.5 Å². The van der Waals surface area contributed by atoms with E-state index < -0.39 is 17.6 Å². The summed E-state index contributed by atoms with van der Waals surface area (Å²) < 4.78 is 12.3. The molecule has 244 valence electrons. The number of rotatable bonds is 15. The molecular weight excluding hydrogens is 632 g/mol. The zero-order chi connectivity index (χ0) is 33.8. The predicted molar refractivity (Wildman–Crippen MR) is 183 cm³/mol. The summed E-state index contributed by atoms with van der Waals surface area (Å²) in [6.45, 7) is 0.751. The van der Waals surface area contributed by atoms with Gasteiger partial charge in [-0.3, -0.25) is 4.79 Å². The molecule has 0 saturated heterocycles. The van der Waals surface area contributed by atoms with Gasteiger partial charge in [0.25, 0.3) is 5.91 Å². The lowest BCUT2D eigenvalue weighted by Crippen LogP contribution is -2.50. The van der Waals surface area contributed by atoms with E-state index in [2.05, 4.69) is 25.4 Å². The van der Waals surface area contributed by atoms with Crippen LogP contribution < -0.4 is 10.1 Å². The van der Waals surface area contributed by atoms with Crippen LogP contribution in [0.4, 0.5) is 5.69 Å². The third-order valence-corrected chi connectivity index (χ3v) is 8.11. The number of azide groups is 2. The number of aliphatic hydroxyl groups excluding tert-OH is 1. The van der Waals surface area contributed by atoms with Crippen molar-refractivity contribution >= 4 is 29.1 Å². The monoisotopic (exact) mass is 664 g/mol. The summed E-state index contributed by atoms with van der Waals surface area (Å²) in [7, 11) is 0. The van der Waals surface area contributed by atoms with E-state index in [-0.39, 0.29) is 32.0 Å². The fourth-order valence-electron chi connectivity index (χ4n) is 5.56. The molecule has 4 aromatic carbocycles. The van der Waals surface area contributed by atoms with Gasteiger partial charge >= 0.3 is 0 Å². The van der Waals surface area contributed by atoms with E-state index in [0.717, 1.165) is 16.7 Å². The summed E-state index contributed by atoms with van der Waals surface area (Å²) in [5, 5.41) is 20.5. The van der Waals surface area contributed by atoms with Crippen LogP contribution >= 0.6 is 11.6 Å². The molecule has 1 heterocycles. The lowest BCUT2D eigenvalue weighted by molar-refractivity contribution is -0.128. The number of benzene rings is 4. The van der Waals surface area contributed by atoms with Crippen LogP contribution in [0.3, 0.4) is 0 Å². The highest BCUT2D eigenvalue weighted by Crippen LogP contribution is 2.45. The van der Waals surface area contributed by atoms with Gasteiger partial charge in [-0.05, 0) is 70.6 Å². The van der Waals surface area contributed by atoms with E-state index in [0.29, 0.717) is 47.0 Å². The molecule has 13 heteroatoms. The summed E-state index contributed by atoms with van der Waals surface area (Å²) in [5.41, 5.74) is 20.7. The molecule has 0 aliphatic carbocycles. The Kier molecular flexibility index (Phi) is 11.5. The molecule has 0 aromatic heterocycles. The highest BCUT2D eigenvalue weighted by molar-refractivity contribution is 6.30. The average Bonchev–Trinajstić information content (AvgIpc) is 3.49. The van der Waals surface area contributed by atoms with Crippen LogP contribution in [-0.4, -0.2) is 42.2 Å². The van der Waals surface area contributed by atoms with E-state index in [9.17, 15) is 10.3 Å². The number of carbonyl (C=O) groups is 1. The van der Waals surface area contributed by atoms with Gasteiger partial charge in [-0.15, -0.1) is 0 Å². The van der Waals surface area contributed by atoms with E-state index in [1.807, 2.05) is 42.5 Å². The Morgan fingerprint density at radius 1 is 1.00 bits per heavy atom. The van der Waals surface area contributed by atoms with Crippen LogP contribution in [0.15, 0.2) is 112 Å². The molecule has 0 saturated carbocycles. The van der Waals surface area contributed by atoms with Gasteiger partial charge in [-0.2, -0.15) is 0 Å². The number of nitrogens with zero attached hydrogens (tertiary/aromatic N) is 7. The molecule has 5 rings (SSSR count). The Labute approximate surface area is 282 Å². The molecule has 12 nitrogen and oxygen atoms in total. The van der Waals surface area contributed by atoms with Crippen molar-refractivity contribution in [2.24, 2.45) is 15.2 Å². The van der Waals surface area contributed by atoms with E-state index in [1.165, 1.54) is 0 Å². The van der Waals surface area contributed by atoms with Gasteiger partial charge in [0.05, 0.1) is 13.2 Å². The van der Waals surface area contributed by atoms with Crippen molar-refractivity contribution in [3.8, 4) is 5.75 Å². The highest BCUT2D eigenvalue weighted by atomic mass is 35.5. The van der Waals surface area contributed by atoms with Crippen molar-refractivity contribution < 1.29 is 19.4 Å². The molecular formula is C35H33ClN8O4. The molecule has 4 aromatic rings. The molecule has 0 spiro atoms. The highest BCUT2D eigenvalue weighted by Gasteiger charge is 2.54. The van der Waals surface area contributed by atoms with Gasteiger partial charge in [0, 0.05) is 57.7 Å². The fraction of sp³-hybridized carbons (Fsp3) is 0.257. The molecule has 0 bridgehead atoms. The third-order valence-electron chi connectivity index (χ3n) is 7.87. The Morgan fingerprint density at radius 2 is 1.77 bits per heavy atom. The van der Waals surface area contributed by atoms with E-state index in [1.54, 1.807) is 54.6 Å². The number of halogens is 1. The second-order valence-electron chi connectivity index (χ2n) is 11.0. The molecule has 48 heavy (non-hydrogen) atoms. The lowest BCUT2D eigenvalue weighted by atomic mass is 9.80. The minimum atomic E-state index is -1.58. The SMILES string of the molecule is [N-]=[N+]=NCc1ccccc1C[C@@]1(C(=O)NCCc2cccc(Cl)c2)N=C(c2ccc(OCCCO)cc2)O[C@@H]1c1ccccc1N=[N+]=[N-]. The van der Waals surface area contributed by atoms with Gasteiger partial charge in [-0.1, -0.05) is 82.5 Å². The molecule has 0 unspecified atom stereocenters. The molecule has 2 atom stereocenters. The molecule has 1 aliphatic heterocycles. The zero-order valence-electron chi connectivity index (χ0n) is 25.9. The summed E-state index contributed by atoms with van der Waals surface area (Å²) in [6, 6.07) is 28.8. The van der Waals surface area contributed by atoms with Gasteiger partial charge in [0.2, 0.25) is 5.90 Å². The van der Waals surface area contributed by atoms with Gasteiger partial charge < -0.3 is 19.9 Å². The number of aliphatic hydroxyl groups is 1. The largest absolute Gasteiger partial charge is 0.494 e. The first-order valence-corrected chi connectivity index (χ1v) is 15.7. The quantitative estimate of drug-likeness (QED) is 0.0572. The third kappa shape index (κ3) is 8.06. The van der Waals surface area contributed by atoms with Crippen molar-refractivity contribution in [1.29, 1.82) is 0 Å². The Morgan fingerprint density at radius 3 is 2.52 bits per heavy atom. The number of hydrogen-bond donors (Lipinski definition) is 2. The maximum Gasteiger partial charge on any atom is 0.252 e. The van der Waals surface area contributed by atoms with Crippen molar-refractivity contribution in [1.82, 2.24) is 5.32 Å². The molecule has 0 radical (unpaired) electrons. The molecule has 2 N–H and O–H groups in total. The topological polar surface area (TPSA) is 178 Å². The van der Waals surface area contributed by atoms with Gasteiger partial charge in [0.1, 0.15) is 5.75 Å². The summed E-state index contributed by atoms with van der Waals surface area (Å²) in [5.74, 6) is 0.422. The standard InChI is InChI=1S/C35H33ClN8O4/c36-28-10-5-7-24(21-28)17-18-39-34(46)35(22-26-8-1-2-9-27(26)23-40-43-37)32(30-11-3-4-12-31(30)42-44-38)48-33(41-35)25-13-15-29(16-14-25)47-20-6-19-45/h1-5,7-16,21,32,45H,6,17-20,22-23H2,(H,39,46)/t32-,35-/m1/s1. The second-order valence-corrected chi connectivity index (χ2v) is 11.4. The van der Waals surface area contributed by atoms with Crippen LogP contribution in [0, 0.1) is 0 Å². The normalized spacial score (nSPS) is 16.5. The lowest BCUT2D eigenvalue weighted by Gasteiger charge is -2.32. The summed E-state index contributed by atoms with van der Waals surface area (Å²) in [6.07, 6.45) is 0.0903.